The number of aromatic nitrogens is 2. The number of thiophene rings is 1. The van der Waals surface area contributed by atoms with Crippen LogP contribution in [0.5, 0.6) is 0 Å². The van der Waals surface area contributed by atoms with E-state index in [4.69, 9.17) is 0 Å². The number of hydrogen-bond donors (Lipinski definition) is 1. The zero-order chi connectivity index (χ0) is 15.1. The van der Waals surface area contributed by atoms with E-state index < -0.39 is 12.0 Å². The Labute approximate surface area is 127 Å². The highest BCUT2D eigenvalue weighted by atomic mass is 32.1. The molecule has 0 fully saturated rings. The van der Waals surface area contributed by atoms with Gasteiger partial charge in [0.2, 0.25) is 0 Å². The Balaban J connectivity index is 2.21. The Bertz CT molecular complexity index is 710. The number of nitrogens with zero attached hydrogens (tertiary/aromatic N) is 3. The van der Waals surface area contributed by atoms with E-state index in [1.54, 1.807) is 30.2 Å². The number of hydrogen-bond acceptors (Lipinski definition) is 5. The van der Waals surface area contributed by atoms with Crippen LogP contribution in [0.15, 0.2) is 0 Å². The summed E-state index contributed by atoms with van der Waals surface area (Å²) in [5.74, 6) is 0.610. The second-order valence-corrected chi connectivity index (χ2v) is 6.69. The van der Waals surface area contributed by atoms with Gasteiger partial charge in [0.15, 0.2) is 0 Å². The van der Waals surface area contributed by atoms with E-state index in [2.05, 4.69) is 9.97 Å². The fourth-order valence-corrected chi connectivity index (χ4v) is 4.15. The van der Waals surface area contributed by atoms with Crippen molar-refractivity contribution in [3.05, 3.63) is 16.3 Å². The molecule has 2 heterocycles. The van der Waals surface area contributed by atoms with E-state index in [0.717, 1.165) is 28.9 Å². The van der Waals surface area contributed by atoms with Crippen LogP contribution in [0, 0.1) is 6.92 Å². The summed E-state index contributed by atoms with van der Waals surface area (Å²) in [7, 11) is 1.80. The first-order valence-electron chi connectivity index (χ1n) is 7.23. The van der Waals surface area contributed by atoms with Gasteiger partial charge in [0.1, 0.15) is 22.5 Å². The second-order valence-electron chi connectivity index (χ2n) is 5.61. The molecule has 0 saturated carbocycles. The smallest absolute Gasteiger partial charge is 0.326 e. The van der Waals surface area contributed by atoms with Crippen LogP contribution < -0.4 is 4.90 Å². The van der Waals surface area contributed by atoms with Crippen LogP contribution in [0.4, 0.5) is 5.82 Å². The van der Waals surface area contributed by atoms with Gasteiger partial charge in [-0.2, -0.15) is 0 Å². The van der Waals surface area contributed by atoms with Gasteiger partial charge in [-0.05, 0) is 45.1 Å². The number of fused-ring (bicyclic) bond motifs is 3. The Morgan fingerprint density at radius 3 is 2.76 bits per heavy atom. The normalized spacial score (nSPS) is 15.8. The van der Waals surface area contributed by atoms with Gasteiger partial charge in [-0.25, -0.2) is 14.8 Å². The lowest BCUT2D eigenvalue weighted by molar-refractivity contribution is -0.138. The lowest BCUT2D eigenvalue weighted by atomic mass is 9.97. The summed E-state index contributed by atoms with van der Waals surface area (Å²) in [6, 6.07) is -0.610. The fourth-order valence-electron chi connectivity index (χ4n) is 2.85. The van der Waals surface area contributed by atoms with E-state index in [0.29, 0.717) is 5.82 Å². The van der Waals surface area contributed by atoms with E-state index >= 15 is 0 Å². The highest BCUT2D eigenvalue weighted by Gasteiger charge is 2.25. The average Bonchev–Trinajstić information content (AvgIpc) is 2.82. The molecule has 0 radical (unpaired) electrons. The third-order valence-electron chi connectivity index (χ3n) is 4.18. The molecule has 1 N–H and O–H groups in total. The van der Waals surface area contributed by atoms with Crippen LogP contribution in [0.2, 0.25) is 0 Å². The third kappa shape index (κ3) is 2.37. The molecule has 1 atom stereocenters. The molecule has 2 aromatic heterocycles. The van der Waals surface area contributed by atoms with Crippen LogP contribution in [0.1, 0.15) is 36.0 Å². The van der Waals surface area contributed by atoms with Gasteiger partial charge < -0.3 is 10.0 Å². The van der Waals surface area contributed by atoms with Crippen molar-refractivity contribution < 1.29 is 9.90 Å². The van der Waals surface area contributed by atoms with Crippen LogP contribution in [-0.4, -0.2) is 34.1 Å². The molecule has 2 aromatic rings. The topological polar surface area (TPSA) is 66.3 Å². The van der Waals surface area contributed by atoms with Gasteiger partial charge in [0.05, 0.1) is 5.39 Å². The quantitative estimate of drug-likeness (QED) is 0.944. The SMILES string of the molecule is Cc1nc(N(C)C(C)C(=O)O)c2c3c(sc2n1)CCCC3. The number of anilines is 1. The predicted molar refractivity (Wildman–Crippen MR) is 84.3 cm³/mol. The number of carboxylic acids is 1. The van der Waals surface area contributed by atoms with Gasteiger partial charge in [-0.15, -0.1) is 11.3 Å². The first-order valence-corrected chi connectivity index (χ1v) is 8.05. The van der Waals surface area contributed by atoms with Crippen LogP contribution in [0.3, 0.4) is 0 Å². The highest BCUT2D eigenvalue weighted by Crippen LogP contribution is 2.39. The number of rotatable bonds is 3. The molecule has 0 spiro atoms. The van der Waals surface area contributed by atoms with Gasteiger partial charge in [-0.3, -0.25) is 0 Å². The number of likely N-dealkylation sites (N-methyl/N-ethyl adjacent to an activating group) is 1. The molecular formula is C15H19N3O2S. The van der Waals surface area contributed by atoms with Crippen molar-refractivity contribution in [2.75, 3.05) is 11.9 Å². The molecule has 6 heteroatoms. The summed E-state index contributed by atoms with van der Waals surface area (Å²) in [6.07, 6.45) is 4.56. The van der Waals surface area contributed by atoms with Crippen LogP contribution >= 0.6 is 11.3 Å². The minimum absolute atomic E-state index is 0.610. The monoisotopic (exact) mass is 305 g/mol. The first kappa shape index (κ1) is 14.3. The Hall–Kier alpha value is -1.69. The zero-order valence-corrected chi connectivity index (χ0v) is 13.3. The second kappa shape index (κ2) is 5.26. The average molecular weight is 305 g/mol. The summed E-state index contributed by atoms with van der Waals surface area (Å²) in [6.45, 7) is 3.55. The molecule has 1 aliphatic carbocycles. The lowest BCUT2D eigenvalue weighted by Crippen LogP contribution is -2.36. The Kier molecular flexibility index (Phi) is 3.57. The van der Waals surface area contributed by atoms with E-state index in [1.807, 2.05) is 6.92 Å². The van der Waals surface area contributed by atoms with E-state index in [1.165, 1.54) is 23.3 Å². The van der Waals surface area contributed by atoms with Crippen molar-refractivity contribution in [3.63, 3.8) is 0 Å². The van der Waals surface area contributed by atoms with Crippen molar-refractivity contribution in [3.8, 4) is 0 Å². The minimum atomic E-state index is -0.842. The summed E-state index contributed by atoms with van der Waals surface area (Å²) >= 11 is 1.74. The molecule has 0 aromatic carbocycles. The first-order chi connectivity index (χ1) is 9.99. The Morgan fingerprint density at radius 1 is 1.33 bits per heavy atom. The predicted octanol–water partition coefficient (Wildman–Crippen LogP) is 2.79. The number of carboxylic acid groups (broad SMARTS) is 1. The summed E-state index contributed by atoms with van der Waals surface area (Å²) in [4.78, 5) is 24.5. The summed E-state index contributed by atoms with van der Waals surface area (Å²) < 4.78 is 0. The molecule has 0 amide bonds. The Morgan fingerprint density at radius 2 is 2.05 bits per heavy atom. The molecule has 0 aliphatic heterocycles. The van der Waals surface area contributed by atoms with E-state index in [-0.39, 0.29) is 0 Å². The third-order valence-corrected chi connectivity index (χ3v) is 5.37. The molecule has 5 nitrogen and oxygen atoms in total. The zero-order valence-electron chi connectivity index (χ0n) is 12.5. The standard InChI is InChI=1S/C15H19N3O2S/c1-8(15(19)20)18(3)13-12-10-6-4-5-7-11(10)21-14(12)17-9(2)16-13/h8H,4-7H2,1-3H3,(H,19,20). The van der Waals surface area contributed by atoms with Crippen molar-refractivity contribution >= 4 is 33.3 Å². The molecule has 3 rings (SSSR count). The molecular weight excluding hydrogens is 286 g/mol. The number of carbonyl (C=O) groups is 1. The van der Waals surface area contributed by atoms with Gasteiger partial charge in [0, 0.05) is 11.9 Å². The lowest BCUT2D eigenvalue weighted by Gasteiger charge is -2.24. The molecule has 21 heavy (non-hydrogen) atoms. The van der Waals surface area contributed by atoms with Gasteiger partial charge in [0.25, 0.3) is 0 Å². The number of aliphatic carboxylic acids is 1. The highest BCUT2D eigenvalue weighted by molar-refractivity contribution is 7.19. The number of aryl methyl sites for hydroxylation is 3. The molecule has 1 unspecified atom stereocenters. The van der Waals surface area contributed by atoms with Gasteiger partial charge >= 0.3 is 5.97 Å². The van der Waals surface area contributed by atoms with Crippen molar-refractivity contribution in [2.45, 2.75) is 45.6 Å². The van der Waals surface area contributed by atoms with Crippen molar-refractivity contribution in [1.29, 1.82) is 0 Å². The molecule has 0 bridgehead atoms. The van der Waals surface area contributed by atoms with Gasteiger partial charge in [-0.1, -0.05) is 0 Å². The molecule has 1 aliphatic rings. The largest absolute Gasteiger partial charge is 0.480 e. The van der Waals surface area contributed by atoms with Crippen molar-refractivity contribution in [2.24, 2.45) is 0 Å². The van der Waals surface area contributed by atoms with Crippen LogP contribution in [-0.2, 0) is 17.6 Å². The summed E-state index contributed by atoms with van der Waals surface area (Å²) in [5, 5.41) is 10.3. The van der Waals surface area contributed by atoms with Crippen molar-refractivity contribution in [1.82, 2.24) is 9.97 Å². The fraction of sp³-hybridized carbons (Fsp3) is 0.533. The maximum absolute atomic E-state index is 11.3. The maximum atomic E-state index is 11.3. The molecule has 0 saturated heterocycles. The van der Waals surface area contributed by atoms with Crippen LogP contribution in [0.25, 0.3) is 10.2 Å². The minimum Gasteiger partial charge on any atom is -0.480 e. The maximum Gasteiger partial charge on any atom is 0.326 e. The van der Waals surface area contributed by atoms with E-state index in [9.17, 15) is 9.90 Å². The summed E-state index contributed by atoms with van der Waals surface area (Å²) in [5.41, 5.74) is 1.33. The molecule has 112 valence electrons.